The quantitative estimate of drug-likeness (QED) is 0.835. The van der Waals surface area contributed by atoms with E-state index in [1.807, 2.05) is 49.1 Å². The van der Waals surface area contributed by atoms with Gasteiger partial charge in [-0.05, 0) is 57.6 Å². The number of amides is 2. The maximum absolute atomic E-state index is 12.9. The van der Waals surface area contributed by atoms with Crippen LogP contribution in [0.15, 0.2) is 30.3 Å². The molecule has 1 aliphatic heterocycles. The lowest BCUT2D eigenvalue weighted by Gasteiger charge is -2.42. The predicted octanol–water partition coefficient (Wildman–Crippen LogP) is 2.78. The first-order chi connectivity index (χ1) is 12.0. The zero-order chi connectivity index (χ0) is 17.9. The Balaban J connectivity index is 1.69. The summed E-state index contributed by atoms with van der Waals surface area (Å²) in [5, 5.41) is 6.52. The first-order valence-electron chi connectivity index (χ1n) is 9.40. The predicted molar refractivity (Wildman–Crippen MR) is 99.2 cm³/mol. The average molecular weight is 343 g/mol. The van der Waals surface area contributed by atoms with Gasteiger partial charge in [0.05, 0.1) is 0 Å². The molecule has 25 heavy (non-hydrogen) atoms. The Labute approximate surface area is 150 Å². The van der Waals surface area contributed by atoms with Gasteiger partial charge in [0.2, 0.25) is 11.8 Å². The topological polar surface area (TPSA) is 61.4 Å². The number of nitrogens with zero attached hydrogens (tertiary/aromatic N) is 1. The summed E-state index contributed by atoms with van der Waals surface area (Å²) in [6.07, 6.45) is 4.33. The molecule has 2 N–H and O–H groups in total. The number of hydrogen-bond acceptors (Lipinski definition) is 3. The van der Waals surface area contributed by atoms with Crippen LogP contribution in [0.1, 0.15) is 46.0 Å². The lowest BCUT2D eigenvalue weighted by molar-refractivity contribution is -0.136. The van der Waals surface area contributed by atoms with E-state index in [2.05, 4.69) is 10.6 Å². The number of para-hydroxylation sites is 1. The summed E-state index contributed by atoms with van der Waals surface area (Å²) in [5.41, 5.74) is 0.293. The van der Waals surface area contributed by atoms with Crippen molar-refractivity contribution in [2.75, 3.05) is 18.4 Å². The molecule has 0 aromatic heterocycles. The van der Waals surface area contributed by atoms with Crippen LogP contribution in [0.4, 0.5) is 5.69 Å². The zero-order valence-corrected chi connectivity index (χ0v) is 15.3. The molecule has 2 amide bonds. The fraction of sp³-hybridized carbons (Fsp3) is 0.600. The van der Waals surface area contributed by atoms with Gasteiger partial charge < -0.3 is 15.5 Å². The lowest BCUT2D eigenvalue weighted by atomic mass is 9.85. The zero-order valence-electron chi connectivity index (χ0n) is 15.3. The van der Waals surface area contributed by atoms with Gasteiger partial charge in [-0.2, -0.15) is 0 Å². The molecule has 1 aromatic rings. The molecule has 136 valence electrons. The molecular formula is C20H29N3O2. The van der Waals surface area contributed by atoms with Gasteiger partial charge in [-0.1, -0.05) is 18.2 Å². The molecular weight excluding hydrogens is 314 g/mol. The highest BCUT2D eigenvalue weighted by Crippen LogP contribution is 2.34. The SMILES string of the molecule is CC(C)NC(=O)C1(Nc2ccccc2)CCN(C(=O)CC2CC2)CC1. The summed E-state index contributed by atoms with van der Waals surface area (Å²) >= 11 is 0. The smallest absolute Gasteiger partial charge is 0.246 e. The molecule has 0 radical (unpaired) electrons. The van der Waals surface area contributed by atoms with Crippen molar-refractivity contribution < 1.29 is 9.59 Å². The first-order valence-corrected chi connectivity index (χ1v) is 9.40. The van der Waals surface area contributed by atoms with Gasteiger partial charge in [0.1, 0.15) is 5.54 Å². The van der Waals surface area contributed by atoms with Gasteiger partial charge in [-0.3, -0.25) is 9.59 Å². The summed E-state index contributed by atoms with van der Waals surface area (Å²) in [6, 6.07) is 9.95. The Bertz CT molecular complexity index is 603. The second-order valence-corrected chi connectivity index (χ2v) is 7.73. The third-order valence-corrected chi connectivity index (χ3v) is 5.14. The third kappa shape index (κ3) is 4.53. The Kier molecular flexibility index (Phi) is 5.30. The van der Waals surface area contributed by atoms with Gasteiger partial charge in [-0.25, -0.2) is 0 Å². The minimum absolute atomic E-state index is 0.0284. The summed E-state index contributed by atoms with van der Waals surface area (Å²) in [7, 11) is 0. The highest BCUT2D eigenvalue weighted by Gasteiger charge is 2.42. The Morgan fingerprint density at radius 1 is 1.16 bits per heavy atom. The van der Waals surface area contributed by atoms with Crippen molar-refractivity contribution >= 4 is 17.5 Å². The lowest BCUT2D eigenvalue weighted by Crippen LogP contribution is -2.60. The molecule has 0 unspecified atom stereocenters. The molecule has 1 heterocycles. The van der Waals surface area contributed by atoms with Crippen molar-refractivity contribution in [1.82, 2.24) is 10.2 Å². The Morgan fingerprint density at radius 3 is 2.36 bits per heavy atom. The number of carbonyl (C=O) groups excluding carboxylic acids is 2. The van der Waals surface area contributed by atoms with Crippen LogP contribution in [0.25, 0.3) is 0 Å². The number of rotatable bonds is 6. The van der Waals surface area contributed by atoms with Crippen LogP contribution >= 0.6 is 0 Å². The number of likely N-dealkylation sites (tertiary alicyclic amines) is 1. The highest BCUT2D eigenvalue weighted by atomic mass is 16.2. The number of hydrogen-bond donors (Lipinski definition) is 2. The Hall–Kier alpha value is -2.04. The van der Waals surface area contributed by atoms with Crippen LogP contribution in [0, 0.1) is 5.92 Å². The van der Waals surface area contributed by atoms with E-state index < -0.39 is 5.54 Å². The summed E-state index contributed by atoms with van der Waals surface area (Å²) in [4.78, 5) is 27.2. The highest BCUT2D eigenvalue weighted by molar-refractivity contribution is 5.90. The van der Waals surface area contributed by atoms with Crippen LogP contribution in [-0.2, 0) is 9.59 Å². The van der Waals surface area contributed by atoms with Crippen molar-refractivity contribution in [2.45, 2.75) is 57.5 Å². The molecule has 1 saturated heterocycles. The van der Waals surface area contributed by atoms with Crippen molar-refractivity contribution in [1.29, 1.82) is 0 Å². The van der Waals surface area contributed by atoms with Crippen molar-refractivity contribution in [3.8, 4) is 0 Å². The third-order valence-electron chi connectivity index (χ3n) is 5.14. The maximum Gasteiger partial charge on any atom is 0.246 e. The van der Waals surface area contributed by atoms with E-state index in [0.717, 1.165) is 5.69 Å². The van der Waals surface area contributed by atoms with E-state index in [1.165, 1.54) is 12.8 Å². The number of anilines is 1. The van der Waals surface area contributed by atoms with E-state index in [4.69, 9.17) is 0 Å². The fourth-order valence-corrected chi connectivity index (χ4v) is 3.44. The van der Waals surface area contributed by atoms with Gasteiger partial charge >= 0.3 is 0 Å². The van der Waals surface area contributed by atoms with E-state index >= 15 is 0 Å². The summed E-state index contributed by atoms with van der Waals surface area (Å²) in [6.45, 7) is 5.22. The Morgan fingerprint density at radius 2 is 1.80 bits per heavy atom. The summed E-state index contributed by atoms with van der Waals surface area (Å²) < 4.78 is 0. The van der Waals surface area contributed by atoms with Crippen LogP contribution < -0.4 is 10.6 Å². The number of nitrogens with one attached hydrogen (secondary N) is 2. The van der Waals surface area contributed by atoms with E-state index in [1.54, 1.807) is 0 Å². The molecule has 1 aromatic carbocycles. The van der Waals surface area contributed by atoms with Crippen molar-refractivity contribution in [3.05, 3.63) is 30.3 Å². The second kappa shape index (κ2) is 7.46. The minimum atomic E-state index is -0.651. The summed E-state index contributed by atoms with van der Waals surface area (Å²) in [5.74, 6) is 0.881. The molecule has 5 nitrogen and oxygen atoms in total. The molecule has 0 spiro atoms. The average Bonchev–Trinajstić information content (AvgIpc) is 3.39. The normalized spacial score (nSPS) is 19.6. The molecule has 1 aliphatic carbocycles. The monoisotopic (exact) mass is 343 g/mol. The van der Waals surface area contributed by atoms with Crippen LogP contribution in [0.5, 0.6) is 0 Å². The fourth-order valence-electron chi connectivity index (χ4n) is 3.44. The largest absolute Gasteiger partial charge is 0.371 e. The van der Waals surface area contributed by atoms with Gasteiger partial charge in [-0.15, -0.1) is 0 Å². The van der Waals surface area contributed by atoms with E-state index in [9.17, 15) is 9.59 Å². The van der Waals surface area contributed by atoms with Crippen molar-refractivity contribution in [2.24, 2.45) is 5.92 Å². The minimum Gasteiger partial charge on any atom is -0.371 e. The molecule has 0 bridgehead atoms. The number of benzene rings is 1. The molecule has 2 aliphatic rings. The van der Waals surface area contributed by atoms with Gasteiger partial charge in [0.25, 0.3) is 0 Å². The second-order valence-electron chi connectivity index (χ2n) is 7.73. The number of carbonyl (C=O) groups is 2. The van der Waals surface area contributed by atoms with E-state index in [-0.39, 0.29) is 17.9 Å². The van der Waals surface area contributed by atoms with Crippen LogP contribution in [-0.4, -0.2) is 41.4 Å². The maximum atomic E-state index is 12.9. The van der Waals surface area contributed by atoms with E-state index in [0.29, 0.717) is 38.3 Å². The standard InChI is InChI=1S/C20H29N3O2/c1-15(2)21-19(25)20(22-17-6-4-3-5-7-17)10-12-23(13-11-20)18(24)14-16-8-9-16/h3-7,15-16,22H,8-14H2,1-2H3,(H,21,25). The molecule has 2 fully saturated rings. The molecule has 1 saturated carbocycles. The van der Waals surface area contributed by atoms with Gasteiger partial charge in [0.15, 0.2) is 0 Å². The van der Waals surface area contributed by atoms with Gasteiger partial charge in [0, 0.05) is 31.2 Å². The molecule has 3 rings (SSSR count). The van der Waals surface area contributed by atoms with Crippen LogP contribution in [0.3, 0.4) is 0 Å². The number of piperidine rings is 1. The molecule has 5 heteroatoms. The van der Waals surface area contributed by atoms with Crippen molar-refractivity contribution in [3.63, 3.8) is 0 Å². The first kappa shape index (κ1) is 17.8. The molecule has 0 atom stereocenters. The van der Waals surface area contributed by atoms with Crippen LogP contribution in [0.2, 0.25) is 0 Å².